The summed E-state index contributed by atoms with van der Waals surface area (Å²) >= 11 is 0. The second kappa shape index (κ2) is 17.9. The Balaban J connectivity index is 1.33. The molecule has 13 atom stereocenters. The van der Waals surface area contributed by atoms with E-state index in [1.165, 1.54) is 56.5 Å². The summed E-state index contributed by atoms with van der Waals surface area (Å²) in [6.45, 7) is -0.777. The molecule has 2 aromatic carbocycles. The normalized spacial score (nSPS) is 35.6. The van der Waals surface area contributed by atoms with Crippen LogP contribution in [0.2, 0.25) is 0 Å². The monoisotopic (exact) mass is 770 g/mol. The summed E-state index contributed by atoms with van der Waals surface area (Å²) < 4.78 is 44.9. The largest absolute Gasteiger partial charge is 0.504 e. The summed E-state index contributed by atoms with van der Waals surface area (Å²) in [7, 11) is 1.35. The van der Waals surface area contributed by atoms with Gasteiger partial charge >= 0.3 is 5.97 Å². The number of esters is 1. The molecule has 0 spiro atoms. The first-order valence-corrected chi connectivity index (χ1v) is 17.0. The Labute approximate surface area is 308 Å². The summed E-state index contributed by atoms with van der Waals surface area (Å²) in [6, 6.07) is 8.43. The lowest BCUT2D eigenvalue weighted by molar-refractivity contribution is -0.365. The lowest BCUT2D eigenvalue weighted by Gasteiger charge is -2.47. The molecule has 0 saturated carbocycles. The second-order valence-corrected chi connectivity index (χ2v) is 13.1. The first-order valence-electron chi connectivity index (χ1n) is 17.0. The van der Waals surface area contributed by atoms with Crippen molar-refractivity contribution in [1.29, 1.82) is 0 Å². The third-order valence-corrected chi connectivity index (χ3v) is 9.31. The number of aliphatic hydroxyl groups excluding tert-OH is 6. The maximum atomic E-state index is 13.1. The minimum Gasteiger partial charge on any atom is -0.504 e. The highest BCUT2D eigenvalue weighted by Crippen LogP contribution is 2.35. The molecule has 3 saturated heterocycles. The number of hydrogen-bond acceptors (Lipinski definition) is 19. The molecule has 5 rings (SSSR count). The number of methoxy groups -OCH3 is 1. The topological polar surface area (TPSA) is 293 Å². The van der Waals surface area contributed by atoms with Crippen molar-refractivity contribution in [1.82, 2.24) is 0 Å². The van der Waals surface area contributed by atoms with E-state index >= 15 is 0 Å². The van der Waals surface area contributed by atoms with Gasteiger partial charge in [0.1, 0.15) is 48.3 Å². The summed E-state index contributed by atoms with van der Waals surface area (Å²) in [5, 5.41) is 103. The third kappa shape index (κ3) is 9.23. The van der Waals surface area contributed by atoms with Crippen molar-refractivity contribution in [2.24, 2.45) is 0 Å². The van der Waals surface area contributed by atoms with E-state index in [0.717, 1.165) is 6.08 Å². The van der Waals surface area contributed by atoms with E-state index < -0.39 is 105 Å². The molecular formula is C35H46O19. The van der Waals surface area contributed by atoms with Crippen LogP contribution in [0.3, 0.4) is 0 Å². The zero-order valence-corrected chi connectivity index (χ0v) is 29.2. The predicted molar refractivity (Wildman–Crippen MR) is 179 cm³/mol. The van der Waals surface area contributed by atoms with E-state index in [4.69, 9.17) is 37.9 Å². The lowest BCUT2D eigenvalue weighted by Crippen LogP contribution is -2.65. The number of rotatable bonds is 14. The number of carbonyl (C=O) groups excluding carboxylic acids is 1. The molecule has 0 unspecified atom stereocenters. The standard InChI is InChI=1S/C35H46O19/c1-16-28(53-34-31(45)35(46,14-37)15-49-34)25(42)26(43)33(50-16)54-30-27(44)32(48-10-9-18-3-6-19(38)21(40)11-18)51-23(13-36)29(30)52-24(41)8-5-17-4-7-20(39)22(12-17)47-2/h3-8,11-12,16,23,25-34,36-40,42-46H,9-10,13-15H2,1-2H3/t16-,23+,25-,26+,27+,28-,29+,30+,31-,32+,33-,34-,35+/m0/s1. The fourth-order valence-electron chi connectivity index (χ4n) is 6.15. The molecule has 3 heterocycles. The van der Waals surface area contributed by atoms with Crippen LogP contribution < -0.4 is 4.74 Å². The Morgan fingerprint density at radius 1 is 0.870 bits per heavy atom. The fourth-order valence-corrected chi connectivity index (χ4v) is 6.15. The Kier molecular flexibility index (Phi) is 13.7. The molecular weight excluding hydrogens is 724 g/mol. The third-order valence-electron chi connectivity index (χ3n) is 9.31. The first-order chi connectivity index (χ1) is 25.7. The first kappa shape index (κ1) is 41.5. The smallest absolute Gasteiger partial charge is 0.331 e. The molecule has 19 heteroatoms. The molecule has 0 amide bonds. The minimum atomic E-state index is -2.02. The van der Waals surface area contributed by atoms with Crippen LogP contribution in [0.4, 0.5) is 0 Å². The van der Waals surface area contributed by atoms with Gasteiger partial charge < -0.3 is 89.0 Å². The van der Waals surface area contributed by atoms with E-state index in [1.807, 2.05) is 0 Å². The number of aromatic hydroxyl groups is 3. The minimum absolute atomic E-state index is 0.113. The van der Waals surface area contributed by atoms with Crippen LogP contribution in [0.15, 0.2) is 42.5 Å². The molecule has 3 aliphatic heterocycles. The van der Waals surface area contributed by atoms with Crippen molar-refractivity contribution < 1.29 is 93.8 Å². The molecule has 0 radical (unpaired) electrons. The average Bonchev–Trinajstić information content (AvgIpc) is 3.44. The van der Waals surface area contributed by atoms with Crippen molar-refractivity contribution >= 4 is 12.0 Å². The van der Waals surface area contributed by atoms with E-state index in [2.05, 4.69) is 0 Å². The molecule has 19 nitrogen and oxygen atoms in total. The maximum absolute atomic E-state index is 13.1. The highest BCUT2D eigenvalue weighted by atomic mass is 16.8. The van der Waals surface area contributed by atoms with E-state index in [0.29, 0.717) is 11.1 Å². The van der Waals surface area contributed by atoms with Gasteiger partial charge in [-0.15, -0.1) is 0 Å². The number of phenolic OH excluding ortho intramolecular Hbond substituents is 3. The summed E-state index contributed by atoms with van der Waals surface area (Å²) in [4.78, 5) is 13.1. The highest BCUT2D eigenvalue weighted by Gasteiger charge is 2.55. The second-order valence-electron chi connectivity index (χ2n) is 13.1. The summed E-state index contributed by atoms with van der Waals surface area (Å²) in [5.74, 6) is -1.64. The SMILES string of the molecule is COc1cc(C=CC(=O)O[C@H]2[C@H](O[C@@H]3O[C@@H](C)[C@H](O[C@@H]4OC[C@](O)(CO)[C@H]4O)[C@@H](O)[C@H]3O)[C@@H](O)[C@H](OCCc3ccc(O)c(O)c3)O[C@@H]2CO)ccc1O. The van der Waals surface area contributed by atoms with E-state index in [-0.39, 0.29) is 36.0 Å². The van der Waals surface area contributed by atoms with Crippen molar-refractivity contribution in [3.05, 3.63) is 53.6 Å². The number of carbonyl (C=O) groups is 1. The van der Waals surface area contributed by atoms with Crippen molar-refractivity contribution in [3.8, 4) is 23.0 Å². The average molecular weight is 771 g/mol. The van der Waals surface area contributed by atoms with E-state index in [9.17, 15) is 55.9 Å². The zero-order chi connectivity index (χ0) is 39.3. The van der Waals surface area contributed by atoms with Crippen LogP contribution in [-0.2, 0) is 44.4 Å². The van der Waals surface area contributed by atoms with Crippen molar-refractivity contribution in [3.63, 3.8) is 0 Å². The Hall–Kier alpha value is -3.67. The number of benzene rings is 2. The molecule has 0 bridgehead atoms. The number of phenols is 3. The van der Waals surface area contributed by atoms with Crippen LogP contribution in [-0.4, -0.2) is 170 Å². The van der Waals surface area contributed by atoms with Gasteiger partial charge in [0.15, 0.2) is 48.0 Å². The number of hydrogen-bond donors (Lipinski definition) is 10. The molecule has 0 aromatic heterocycles. The van der Waals surface area contributed by atoms with Crippen LogP contribution in [0.5, 0.6) is 23.0 Å². The Morgan fingerprint density at radius 3 is 2.26 bits per heavy atom. The van der Waals surface area contributed by atoms with Crippen molar-refractivity contribution in [2.45, 2.75) is 92.8 Å². The van der Waals surface area contributed by atoms with Gasteiger partial charge in [-0.3, -0.25) is 0 Å². The number of aliphatic hydroxyl groups is 7. The molecule has 54 heavy (non-hydrogen) atoms. The Bertz CT molecular complexity index is 1590. The maximum Gasteiger partial charge on any atom is 0.331 e. The van der Waals surface area contributed by atoms with Crippen LogP contribution in [0.1, 0.15) is 18.1 Å². The highest BCUT2D eigenvalue weighted by molar-refractivity contribution is 5.87. The van der Waals surface area contributed by atoms with Gasteiger partial charge in [0.2, 0.25) is 0 Å². The summed E-state index contributed by atoms with van der Waals surface area (Å²) in [6.07, 6.45) is -16.4. The van der Waals surface area contributed by atoms with Crippen LogP contribution in [0.25, 0.3) is 6.08 Å². The van der Waals surface area contributed by atoms with E-state index in [1.54, 1.807) is 0 Å². The van der Waals surface area contributed by atoms with Gasteiger partial charge in [0.05, 0.1) is 39.6 Å². The van der Waals surface area contributed by atoms with Gasteiger partial charge in [0, 0.05) is 6.08 Å². The zero-order valence-electron chi connectivity index (χ0n) is 29.2. The van der Waals surface area contributed by atoms with Gasteiger partial charge in [-0.05, 0) is 54.8 Å². The molecule has 0 aliphatic carbocycles. The number of ether oxygens (including phenoxy) is 8. The van der Waals surface area contributed by atoms with Gasteiger partial charge in [-0.25, -0.2) is 4.79 Å². The van der Waals surface area contributed by atoms with Gasteiger partial charge in [0.25, 0.3) is 0 Å². The predicted octanol–water partition coefficient (Wildman–Crippen LogP) is -2.25. The molecule has 3 fully saturated rings. The van der Waals surface area contributed by atoms with Gasteiger partial charge in [-0.2, -0.15) is 0 Å². The lowest BCUT2D eigenvalue weighted by atomic mass is 9.96. The Morgan fingerprint density at radius 2 is 1.59 bits per heavy atom. The summed E-state index contributed by atoms with van der Waals surface area (Å²) in [5.41, 5.74) is -1.02. The quantitative estimate of drug-likeness (QED) is 0.0552. The van der Waals surface area contributed by atoms with Crippen molar-refractivity contribution in [2.75, 3.05) is 33.5 Å². The molecule has 10 N–H and O–H groups in total. The van der Waals surface area contributed by atoms with Gasteiger partial charge in [-0.1, -0.05) is 12.1 Å². The molecule has 2 aromatic rings. The fraction of sp³-hybridized carbons (Fsp3) is 0.571. The van der Waals surface area contributed by atoms with Crippen LogP contribution in [0, 0.1) is 0 Å². The van der Waals surface area contributed by atoms with Crippen LogP contribution >= 0.6 is 0 Å². The molecule has 3 aliphatic rings. The molecule has 300 valence electrons.